The molecule has 2 aromatic carbocycles. The van der Waals surface area contributed by atoms with Gasteiger partial charge < -0.3 is 14.5 Å². The maximum absolute atomic E-state index is 12.5. The van der Waals surface area contributed by atoms with Crippen LogP contribution >= 0.6 is 0 Å². The largest absolute Gasteiger partial charge is 0.491 e. The molecular weight excluding hydrogens is 398 g/mol. The van der Waals surface area contributed by atoms with Gasteiger partial charge in [0.05, 0.1) is 16.6 Å². The molecule has 1 heterocycles. The third kappa shape index (κ3) is 5.36. The average Bonchev–Trinajstić information content (AvgIpc) is 3.20. The van der Waals surface area contributed by atoms with E-state index in [0.29, 0.717) is 17.0 Å². The summed E-state index contributed by atoms with van der Waals surface area (Å²) in [7, 11) is 0. The molecule has 0 fully saturated rings. The van der Waals surface area contributed by atoms with Crippen molar-refractivity contribution in [3.05, 3.63) is 82.1 Å². The highest BCUT2D eigenvalue weighted by atomic mass is 16.6. The van der Waals surface area contributed by atoms with Gasteiger partial charge in [-0.15, -0.1) is 0 Å². The Hall–Kier alpha value is -4.38. The normalized spacial score (nSPS) is 11.1. The van der Waals surface area contributed by atoms with E-state index in [1.54, 1.807) is 48.5 Å². The number of nitrogens with zero attached hydrogens (tertiary/aromatic N) is 2. The predicted octanol–water partition coefficient (Wildman–Crippen LogP) is 5.19. The van der Waals surface area contributed by atoms with E-state index in [9.17, 15) is 20.2 Å². The molecule has 8 nitrogen and oxygen atoms in total. The Labute approximate surface area is 178 Å². The summed E-state index contributed by atoms with van der Waals surface area (Å²) in [4.78, 5) is 23.2. The molecule has 0 saturated carbocycles. The van der Waals surface area contributed by atoms with Crippen LogP contribution in [0, 0.1) is 21.4 Å². The number of ether oxygens (including phenoxy) is 1. The van der Waals surface area contributed by atoms with Crippen LogP contribution in [0.2, 0.25) is 0 Å². The van der Waals surface area contributed by atoms with Crippen molar-refractivity contribution in [1.82, 2.24) is 0 Å². The second-order valence-electron chi connectivity index (χ2n) is 6.79. The summed E-state index contributed by atoms with van der Waals surface area (Å²) in [5, 5.41) is 23.3. The van der Waals surface area contributed by atoms with Crippen molar-refractivity contribution >= 4 is 23.4 Å². The van der Waals surface area contributed by atoms with Gasteiger partial charge in [-0.05, 0) is 44.2 Å². The van der Waals surface area contributed by atoms with Crippen molar-refractivity contribution in [3.8, 4) is 23.1 Å². The minimum absolute atomic E-state index is 0.0193. The Bertz CT molecular complexity index is 1190. The van der Waals surface area contributed by atoms with Crippen LogP contribution in [0.5, 0.6) is 5.75 Å². The lowest BCUT2D eigenvalue weighted by atomic mass is 10.1. The molecule has 0 saturated heterocycles. The molecule has 0 aliphatic heterocycles. The number of hydrogen-bond donors (Lipinski definition) is 1. The first-order chi connectivity index (χ1) is 14.9. The van der Waals surface area contributed by atoms with Crippen LogP contribution in [0.1, 0.15) is 19.6 Å². The van der Waals surface area contributed by atoms with E-state index in [0.717, 1.165) is 0 Å². The number of anilines is 1. The fourth-order valence-corrected chi connectivity index (χ4v) is 2.82. The van der Waals surface area contributed by atoms with Crippen LogP contribution in [0.3, 0.4) is 0 Å². The lowest BCUT2D eigenvalue weighted by molar-refractivity contribution is -0.384. The fourth-order valence-electron chi connectivity index (χ4n) is 2.82. The number of carbonyl (C=O) groups is 1. The van der Waals surface area contributed by atoms with Gasteiger partial charge in [-0.3, -0.25) is 14.9 Å². The highest BCUT2D eigenvalue weighted by Gasteiger charge is 2.18. The van der Waals surface area contributed by atoms with Gasteiger partial charge in [0.2, 0.25) is 0 Å². The minimum Gasteiger partial charge on any atom is -0.491 e. The molecule has 0 aliphatic rings. The van der Waals surface area contributed by atoms with E-state index >= 15 is 0 Å². The molecule has 156 valence electrons. The van der Waals surface area contributed by atoms with Crippen LogP contribution in [-0.2, 0) is 4.79 Å². The second kappa shape index (κ2) is 9.41. The summed E-state index contributed by atoms with van der Waals surface area (Å²) >= 11 is 0. The average molecular weight is 417 g/mol. The molecule has 0 atom stereocenters. The van der Waals surface area contributed by atoms with Crippen molar-refractivity contribution in [2.45, 2.75) is 20.0 Å². The fraction of sp³-hybridized carbons (Fsp3) is 0.130. The van der Waals surface area contributed by atoms with E-state index < -0.39 is 10.8 Å². The van der Waals surface area contributed by atoms with E-state index in [4.69, 9.17) is 9.15 Å². The highest BCUT2D eigenvalue weighted by Crippen LogP contribution is 2.31. The quantitative estimate of drug-likeness (QED) is 0.245. The van der Waals surface area contributed by atoms with Crippen LogP contribution in [0.4, 0.5) is 11.4 Å². The number of furan rings is 1. The number of benzene rings is 2. The maximum Gasteiger partial charge on any atom is 0.280 e. The first-order valence-electron chi connectivity index (χ1n) is 9.41. The number of para-hydroxylation sites is 1. The number of hydrogen-bond acceptors (Lipinski definition) is 6. The topological polar surface area (TPSA) is 118 Å². The summed E-state index contributed by atoms with van der Waals surface area (Å²) in [6.45, 7) is 3.78. The first kappa shape index (κ1) is 21.3. The lowest BCUT2D eigenvalue weighted by Gasteiger charge is -2.11. The minimum atomic E-state index is -0.618. The number of amides is 1. The Kier molecular flexibility index (Phi) is 6.48. The molecule has 0 spiro atoms. The van der Waals surface area contributed by atoms with Crippen LogP contribution in [0.15, 0.2) is 70.7 Å². The van der Waals surface area contributed by atoms with Gasteiger partial charge in [0, 0.05) is 23.9 Å². The molecule has 1 aromatic heterocycles. The van der Waals surface area contributed by atoms with Gasteiger partial charge in [-0.1, -0.05) is 18.2 Å². The van der Waals surface area contributed by atoms with E-state index in [-0.39, 0.29) is 28.9 Å². The summed E-state index contributed by atoms with van der Waals surface area (Å²) in [6, 6.07) is 17.9. The lowest BCUT2D eigenvalue weighted by Crippen LogP contribution is -2.13. The number of rotatable bonds is 7. The van der Waals surface area contributed by atoms with Gasteiger partial charge in [0.15, 0.2) is 0 Å². The Morgan fingerprint density at radius 1 is 1.19 bits per heavy atom. The number of carbonyl (C=O) groups excluding carboxylic acids is 1. The maximum atomic E-state index is 12.5. The van der Waals surface area contributed by atoms with E-state index in [1.807, 2.05) is 19.9 Å². The zero-order valence-electron chi connectivity index (χ0n) is 16.9. The van der Waals surface area contributed by atoms with Gasteiger partial charge >= 0.3 is 0 Å². The first-order valence-corrected chi connectivity index (χ1v) is 9.41. The molecule has 1 amide bonds. The number of nitriles is 1. The van der Waals surface area contributed by atoms with Gasteiger partial charge in [0.1, 0.15) is 28.9 Å². The standard InChI is InChI=1S/C23H19N3O5/c1-15(2)30-18-7-5-6-17(13-18)25-23(27)16(14-24)12-19-10-11-22(31-19)20-8-3-4-9-21(20)26(28)29/h3-13,15H,1-2H3,(H,25,27)/b16-12+. The Morgan fingerprint density at radius 2 is 1.97 bits per heavy atom. The van der Waals surface area contributed by atoms with Crippen molar-refractivity contribution in [1.29, 1.82) is 5.26 Å². The van der Waals surface area contributed by atoms with Crippen LogP contribution < -0.4 is 10.1 Å². The molecule has 0 aliphatic carbocycles. The van der Waals surface area contributed by atoms with Crippen molar-refractivity contribution in [2.75, 3.05) is 5.32 Å². The number of nitrogens with one attached hydrogen (secondary N) is 1. The molecule has 0 bridgehead atoms. The Balaban J connectivity index is 1.81. The SMILES string of the molecule is CC(C)Oc1cccc(NC(=O)/C(C#N)=C/c2ccc(-c3ccccc3[N+](=O)[O-])o2)c1. The molecular formula is C23H19N3O5. The summed E-state index contributed by atoms with van der Waals surface area (Å²) in [6.07, 6.45) is 1.26. The predicted molar refractivity (Wildman–Crippen MR) is 115 cm³/mol. The number of nitro groups is 1. The summed E-state index contributed by atoms with van der Waals surface area (Å²) < 4.78 is 11.2. The summed E-state index contributed by atoms with van der Waals surface area (Å²) in [5.41, 5.74) is 0.495. The third-order valence-corrected chi connectivity index (χ3v) is 4.11. The van der Waals surface area contributed by atoms with Crippen LogP contribution in [0.25, 0.3) is 17.4 Å². The molecule has 31 heavy (non-hydrogen) atoms. The molecule has 0 unspecified atom stereocenters. The smallest absolute Gasteiger partial charge is 0.280 e. The van der Waals surface area contributed by atoms with E-state index in [2.05, 4.69) is 5.32 Å². The zero-order chi connectivity index (χ0) is 22.4. The molecule has 8 heteroatoms. The monoisotopic (exact) mass is 417 g/mol. The van der Waals surface area contributed by atoms with Crippen LogP contribution in [-0.4, -0.2) is 16.9 Å². The molecule has 0 radical (unpaired) electrons. The summed E-state index contributed by atoms with van der Waals surface area (Å²) in [5.74, 6) is 0.454. The van der Waals surface area contributed by atoms with Gasteiger partial charge in [0.25, 0.3) is 11.6 Å². The van der Waals surface area contributed by atoms with Crippen molar-refractivity contribution < 1.29 is 18.9 Å². The van der Waals surface area contributed by atoms with Gasteiger partial charge in [-0.2, -0.15) is 5.26 Å². The third-order valence-electron chi connectivity index (χ3n) is 4.11. The Morgan fingerprint density at radius 3 is 2.68 bits per heavy atom. The molecule has 1 N–H and O–H groups in total. The molecule has 3 aromatic rings. The number of nitro benzene ring substituents is 1. The highest BCUT2D eigenvalue weighted by molar-refractivity contribution is 6.09. The second-order valence-corrected chi connectivity index (χ2v) is 6.79. The zero-order valence-corrected chi connectivity index (χ0v) is 16.9. The van der Waals surface area contributed by atoms with Crippen molar-refractivity contribution in [2.24, 2.45) is 0 Å². The molecule has 3 rings (SSSR count). The van der Waals surface area contributed by atoms with Gasteiger partial charge in [-0.25, -0.2) is 0 Å². The van der Waals surface area contributed by atoms with E-state index in [1.165, 1.54) is 18.2 Å². The van der Waals surface area contributed by atoms with Crippen molar-refractivity contribution in [3.63, 3.8) is 0 Å².